The highest BCUT2D eigenvalue weighted by atomic mass is 16.4. The van der Waals surface area contributed by atoms with Crippen LogP contribution in [0, 0.1) is 17.3 Å². The van der Waals surface area contributed by atoms with Crippen molar-refractivity contribution in [3.63, 3.8) is 0 Å². The molecule has 2 amide bonds. The highest BCUT2D eigenvalue weighted by Gasteiger charge is 2.40. The van der Waals surface area contributed by atoms with E-state index < -0.39 is 29.8 Å². The van der Waals surface area contributed by atoms with E-state index in [1.807, 2.05) is 81.4 Å². The van der Waals surface area contributed by atoms with Crippen molar-refractivity contribution in [3.05, 3.63) is 71.8 Å². The molecule has 0 saturated heterocycles. The average Bonchev–Trinajstić information content (AvgIpc) is 2.91. The van der Waals surface area contributed by atoms with Crippen molar-refractivity contribution < 1.29 is 19.5 Å². The first-order valence-electron chi connectivity index (χ1n) is 14.5. The van der Waals surface area contributed by atoms with Gasteiger partial charge in [-0.05, 0) is 23.0 Å². The van der Waals surface area contributed by atoms with Crippen LogP contribution in [0.5, 0.6) is 0 Å². The molecule has 6 nitrogen and oxygen atoms in total. The number of aliphatic carboxylic acids is 1. The quantitative estimate of drug-likeness (QED) is 0.151. The maximum Gasteiger partial charge on any atom is 0.316 e. The minimum atomic E-state index is -1.48. The van der Waals surface area contributed by atoms with Gasteiger partial charge in [-0.25, -0.2) is 0 Å². The number of rotatable bonds is 17. The highest BCUT2D eigenvalue weighted by molar-refractivity contribution is 6.01. The summed E-state index contributed by atoms with van der Waals surface area (Å²) in [5.74, 6) is -4.72. The van der Waals surface area contributed by atoms with Crippen molar-refractivity contribution in [2.75, 3.05) is 6.54 Å². The number of unbranched alkanes of at least 4 members (excludes halogenated alkanes) is 7. The summed E-state index contributed by atoms with van der Waals surface area (Å²) in [6.45, 7) is 8.62. The molecule has 0 aliphatic rings. The van der Waals surface area contributed by atoms with Crippen LogP contribution in [0.4, 0.5) is 0 Å². The minimum Gasteiger partial charge on any atom is -0.481 e. The molecule has 39 heavy (non-hydrogen) atoms. The minimum absolute atomic E-state index is 0.161. The van der Waals surface area contributed by atoms with E-state index in [1.165, 1.54) is 25.7 Å². The van der Waals surface area contributed by atoms with Crippen LogP contribution in [0.2, 0.25) is 0 Å². The van der Waals surface area contributed by atoms with E-state index >= 15 is 0 Å². The average molecular weight is 537 g/mol. The van der Waals surface area contributed by atoms with Crippen molar-refractivity contribution in [2.45, 2.75) is 91.5 Å². The second-order valence-electron chi connectivity index (χ2n) is 11.7. The predicted octanol–water partition coefficient (Wildman–Crippen LogP) is 6.90. The smallest absolute Gasteiger partial charge is 0.316 e. The first kappa shape index (κ1) is 32.1. The van der Waals surface area contributed by atoms with Crippen LogP contribution in [0.25, 0.3) is 0 Å². The summed E-state index contributed by atoms with van der Waals surface area (Å²) in [5, 5.41) is 16.1. The molecule has 2 atom stereocenters. The standard InChI is InChI=1S/C33H48N2O4/c1-5-6-7-8-9-10-11-18-23-27(30(36)34-24-33(2,3)4)28(32(38)39)31(37)35-29(25-19-14-12-15-20-25)26-21-16-13-17-22-26/h12-17,19-22,27-29H,5-11,18,23-24H2,1-4H3,(H,34,36)(H,35,37)(H,38,39)/t27-,28?/m1/s1. The largest absolute Gasteiger partial charge is 0.481 e. The van der Waals surface area contributed by atoms with Gasteiger partial charge in [0, 0.05) is 6.54 Å². The van der Waals surface area contributed by atoms with E-state index in [9.17, 15) is 19.5 Å². The third-order valence-corrected chi connectivity index (χ3v) is 7.00. The van der Waals surface area contributed by atoms with Gasteiger partial charge >= 0.3 is 5.97 Å². The molecule has 0 aliphatic heterocycles. The number of nitrogens with one attached hydrogen (secondary N) is 2. The summed E-state index contributed by atoms with van der Waals surface area (Å²) in [4.78, 5) is 39.5. The molecule has 2 aromatic carbocycles. The molecule has 2 aromatic rings. The van der Waals surface area contributed by atoms with Crippen LogP contribution in [0.3, 0.4) is 0 Å². The van der Waals surface area contributed by atoms with Crippen molar-refractivity contribution in [1.82, 2.24) is 10.6 Å². The maximum absolute atomic E-state index is 13.7. The zero-order chi connectivity index (χ0) is 28.7. The van der Waals surface area contributed by atoms with Crippen LogP contribution >= 0.6 is 0 Å². The number of benzene rings is 2. The van der Waals surface area contributed by atoms with Crippen LogP contribution in [0.15, 0.2) is 60.7 Å². The molecule has 1 unspecified atom stereocenters. The lowest BCUT2D eigenvalue weighted by Crippen LogP contribution is -2.47. The molecular formula is C33H48N2O4. The van der Waals surface area contributed by atoms with Crippen molar-refractivity contribution in [2.24, 2.45) is 17.3 Å². The van der Waals surface area contributed by atoms with E-state index in [-0.39, 0.29) is 11.3 Å². The van der Waals surface area contributed by atoms with E-state index in [2.05, 4.69) is 17.6 Å². The molecule has 214 valence electrons. The number of carbonyl (C=O) groups excluding carboxylic acids is 2. The van der Waals surface area contributed by atoms with Gasteiger partial charge in [-0.1, -0.05) is 140 Å². The fourth-order valence-electron chi connectivity index (χ4n) is 4.78. The molecule has 0 radical (unpaired) electrons. The third kappa shape index (κ3) is 11.6. The molecule has 0 heterocycles. The van der Waals surface area contributed by atoms with Gasteiger partial charge in [-0.2, -0.15) is 0 Å². The summed E-state index contributed by atoms with van der Waals surface area (Å²) < 4.78 is 0. The number of carboxylic acids is 1. The van der Waals surface area contributed by atoms with Gasteiger partial charge in [0.25, 0.3) is 0 Å². The van der Waals surface area contributed by atoms with Gasteiger partial charge < -0.3 is 15.7 Å². The normalized spacial score (nSPS) is 13.1. The van der Waals surface area contributed by atoms with Crippen LogP contribution in [-0.4, -0.2) is 29.4 Å². The predicted molar refractivity (Wildman–Crippen MR) is 157 cm³/mol. The Morgan fingerprint density at radius 3 is 1.69 bits per heavy atom. The molecule has 0 saturated carbocycles. The number of carboxylic acid groups (broad SMARTS) is 1. The molecule has 6 heteroatoms. The Kier molecular flexibility index (Phi) is 13.8. The van der Waals surface area contributed by atoms with E-state index in [4.69, 9.17) is 0 Å². The Labute approximate surface area is 235 Å². The molecule has 0 aliphatic carbocycles. The van der Waals surface area contributed by atoms with E-state index in [1.54, 1.807) is 0 Å². The molecule has 2 rings (SSSR count). The van der Waals surface area contributed by atoms with Gasteiger partial charge in [0.2, 0.25) is 11.8 Å². The number of amides is 2. The van der Waals surface area contributed by atoms with Gasteiger partial charge in [0.1, 0.15) is 5.92 Å². The van der Waals surface area contributed by atoms with Crippen molar-refractivity contribution >= 4 is 17.8 Å². The second kappa shape index (κ2) is 16.7. The Bertz CT molecular complexity index is 962. The monoisotopic (exact) mass is 536 g/mol. The van der Waals surface area contributed by atoms with Crippen LogP contribution in [0.1, 0.15) is 103 Å². The number of hydrogen-bond acceptors (Lipinski definition) is 3. The Hall–Kier alpha value is -3.15. The van der Waals surface area contributed by atoms with E-state index in [0.29, 0.717) is 19.4 Å². The SMILES string of the molecule is CCCCCCCCCC[C@@H](C(=O)NCC(C)(C)C)C(C(=O)O)C(=O)NC(c1ccccc1)c1ccccc1. The van der Waals surface area contributed by atoms with Gasteiger partial charge in [0.15, 0.2) is 0 Å². The Balaban J connectivity index is 2.21. The maximum atomic E-state index is 13.7. The third-order valence-electron chi connectivity index (χ3n) is 7.00. The van der Waals surface area contributed by atoms with Gasteiger partial charge in [0.05, 0.1) is 12.0 Å². The topological polar surface area (TPSA) is 95.5 Å². The van der Waals surface area contributed by atoms with Gasteiger partial charge in [-0.15, -0.1) is 0 Å². The fourth-order valence-corrected chi connectivity index (χ4v) is 4.78. The molecule has 0 bridgehead atoms. The fraction of sp³-hybridized carbons (Fsp3) is 0.545. The lowest BCUT2D eigenvalue weighted by atomic mass is 9.84. The van der Waals surface area contributed by atoms with Crippen molar-refractivity contribution in [1.29, 1.82) is 0 Å². The number of hydrogen-bond donors (Lipinski definition) is 3. The Morgan fingerprint density at radius 1 is 0.744 bits per heavy atom. The molecule has 0 aromatic heterocycles. The summed E-state index contributed by atoms with van der Waals surface area (Å²) in [7, 11) is 0. The first-order valence-corrected chi connectivity index (χ1v) is 14.5. The van der Waals surface area contributed by atoms with Gasteiger partial charge in [-0.3, -0.25) is 14.4 Å². The summed E-state index contributed by atoms with van der Waals surface area (Å²) in [6, 6.07) is 18.4. The van der Waals surface area contributed by atoms with Crippen molar-refractivity contribution in [3.8, 4) is 0 Å². The molecule has 0 fully saturated rings. The molecule has 0 spiro atoms. The molecule has 3 N–H and O–H groups in total. The number of carbonyl (C=O) groups is 3. The summed E-state index contributed by atoms with van der Waals surface area (Å²) >= 11 is 0. The van der Waals surface area contributed by atoms with E-state index in [0.717, 1.165) is 30.4 Å². The van der Waals surface area contributed by atoms with Crippen LogP contribution < -0.4 is 10.6 Å². The Morgan fingerprint density at radius 2 is 1.23 bits per heavy atom. The molecular weight excluding hydrogens is 488 g/mol. The second-order valence-corrected chi connectivity index (χ2v) is 11.7. The summed E-state index contributed by atoms with van der Waals surface area (Å²) in [5.41, 5.74) is 1.53. The highest BCUT2D eigenvalue weighted by Crippen LogP contribution is 2.26. The zero-order valence-electron chi connectivity index (χ0n) is 24.2. The summed E-state index contributed by atoms with van der Waals surface area (Å²) in [6.07, 6.45) is 9.06. The lowest BCUT2D eigenvalue weighted by Gasteiger charge is -2.27. The zero-order valence-corrected chi connectivity index (χ0v) is 24.2. The first-order chi connectivity index (χ1) is 18.6. The lowest BCUT2D eigenvalue weighted by molar-refractivity contribution is -0.153. The van der Waals surface area contributed by atoms with Crippen LogP contribution in [-0.2, 0) is 14.4 Å².